The molecule has 1 amide bonds. The Bertz CT molecular complexity index is 545. The van der Waals surface area contributed by atoms with Crippen LogP contribution in [0.2, 0.25) is 0 Å². The fraction of sp³-hybridized carbons (Fsp3) is 0.615. The summed E-state index contributed by atoms with van der Waals surface area (Å²) in [5.74, 6) is -0.491. The number of amides is 1. The minimum Gasteiger partial charge on any atom is -0.359 e. The maximum atomic E-state index is 12.3. The van der Waals surface area contributed by atoms with Gasteiger partial charge in [-0.25, -0.2) is 4.98 Å². The van der Waals surface area contributed by atoms with Crippen LogP contribution in [0.25, 0.3) is 0 Å². The summed E-state index contributed by atoms with van der Waals surface area (Å²) < 4.78 is 12.2. The van der Waals surface area contributed by atoms with E-state index in [1.807, 2.05) is 0 Å². The molecule has 3 rings (SSSR count). The molecule has 0 aromatic carbocycles. The van der Waals surface area contributed by atoms with Crippen molar-refractivity contribution in [1.82, 2.24) is 14.9 Å². The molecule has 7 heteroatoms. The van der Waals surface area contributed by atoms with Gasteiger partial charge in [0.2, 0.25) is 0 Å². The third kappa shape index (κ3) is 2.59. The molecule has 2 unspecified atom stereocenters. The molecule has 0 aliphatic carbocycles. The number of carbonyl (C=O) groups is 1. The molecule has 0 bridgehead atoms. The first-order chi connectivity index (χ1) is 9.75. The van der Waals surface area contributed by atoms with Crippen LogP contribution in [0.5, 0.6) is 0 Å². The number of ether oxygens (including phenoxy) is 2. The van der Waals surface area contributed by atoms with Gasteiger partial charge in [-0.2, -0.15) is 0 Å². The highest BCUT2D eigenvalue weighted by atomic mass is 16.5. The first-order valence-corrected chi connectivity index (χ1v) is 6.87. The van der Waals surface area contributed by atoms with Gasteiger partial charge in [-0.1, -0.05) is 0 Å². The lowest BCUT2D eigenvalue weighted by molar-refractivity contribution is 0.0524. The van der Waals surface area contributed by atoms with Crippen LogP contribution >= 0.6 is 0 Å². The number of hydrogen-bond acceptors (Lipinski definition) is 5. The summed E-state index contributed by atoms with van der Waals surface area (Å²) in [7, 11) is 0. The highest BCUT2D eigenvalue weighted by Gasteiger charge is 2.24. The zero-order chi connectivity index (χ0) is 13.9. The fourth-order valence-electron chi connectivity index (χ4n) is 2.49. The molecule has 2 saturated heterocycles. The van der Waals surface area contributed by atoms with E-state index in [2.05, 4.69) is 10.3 Å². The van der Waals surface area contributed by atoms with Crippen molar-refractivity contribution in [3.63, 3.8) is 0 Å². The SMILES string of the molecule is O=C(NC1CCCO1)c1nccn(C2CCCO2)c1=O. The molecule has 0 radical (unpaired) electrons. The van der Waals surface area contributed by atoms with Crippen molar-refractivity contribution in [3.05, 3.63) is 28.4 Å². The van der Waals surface area contributed by atoms with Crippen LogP contribution in [0, 0.1) is 0 Å². The molecule has 0 spiro atoms. The van der Waals surface area contributed by atoms with Crippen molar-refractivity contribution < 1.29 is 14.3 Å². The molecule has 108 valence electrons. The van der Waals surface area contributed by atoms with Crippen molar-refractivity contribution in [2.75, 3.05) is 13.2 Å². The van der Waals surface area contributed by atoms with Crippen molar-refractivity contribution in [3.8, 4) is 0 Å². The Labute approximate surface area is 115 Å². The van der Waals surface area contributed by atoms with Crippen LogP contribution < -0.4 is 10.9 Å². The third-order valence-electron chi connectivity index (χ3n) is 3.52. The van der Waals surface area contributed by atoms with E-state index in [0.717, 1.165) is 25.7 Å². The zero-order valence-corrected chi connectivity index (χ0v) is 11.1. The maximum absolute atomic E-state index is 12.3. The number of hydrogen-bond donors (Lipinski definition) is 1. The van der Waals surface area contributed by atoms with Gasteiger partial charge in [0.15, 0.2) is 5.69 Å². The molecule has 2 fully saturated rings. The van der Waals surface area contributed by atoms with Crippen LogP contribution in [0.1, 0.15) is 42.4 Å². The summed E-state index contributed by atoms with van der Waals surface area (Å²) in [6.45, 7) is 1.27. The molecule has 1 aromatic heterocycles. The van der Waals surface area contributed by atoms with E-state index in [0.29, 0.717) is 13.2 Å². The average molecular weight is 279 g/mol. The first-order valence-electron chi connectivity index (χ1n) is 6.87. The van der Waals surface area contributed by atoms with E-state index >= 15 is 0 Å². The number of rotatable bonds is 3. The Morgan fingerprint density at radius 1 is 1.30 bits per heavy atom. The molecule has 7 nitrogen and oxygen atoms in total. The van der Waals surface area contributed by atoms with Gasteiger partial charge in [-0.3, -0.25) is 14.2 Å². The molecule has 3 heterocycles. The third-order valence-corrected chi connectivity index (χ3v) is 3.52. The Morgan fingerprint density at radius 3 is 2.80 bits per heavy atom. The minimum absolute atomic E-state index is 0.112. The first kappa shape index (κ1) is 13.3. The summed E-state index contributed by atoms with van der Waals surface area (Å²) in [5.41, 5.74) is -0.534. The lowest BCUT2D eigenvalue weighted by Crippen LogP contribution is -2.40. The van der Waals surface area contributed by atoms with Crippen LogP contribution in [-0.2, 0) is 9.47 Å². The van der Waals surface area contributed by atoms with E-state index in [9.17, 15) is 9.59 Å². The smallest absolute Gasteiger partial charge is 0.284 e. The summed E-state index contributed by atoms with van der Waals surface area (Å²) in [5, 5.41) is 2.68. The minimum atomic E-state index is -0.491. The fourth-order valence-corrected chi connectivity index (χ4v) is 2.49. The second kappa shape index (κ2) is 5.72. The van der Waals surface area contributed by atoms with E-state index in [1.54, 1.807) is 6.20 Å². The van der Waals surface area contributed by atoms with E-state index in [-0.39, 0.29) is 18.1 Å². The lowest BCUT2D eigenvalue weighted by atomic mass is 10.3. The van der Waals surface area contributed by atoms with E-state index in [4.69, 9.17) is 9.47 Å². The lowest BCUT2D eigenvalue weighted by Gasteiger charge is -2.15. The molecule has 2 aliphatic heterocycles. The van der Waals surface area contributed by atoms with E-state index < -0.39 is 11.5 Å². The largest absolute Gasteiger partial charge is 0.359 e. The van der Waals surface area contributed by atoms with Gasteiger partial charge in [0, 0.05) is 25.6 Å². The quantitative estimate of drug-likeness (QED) is 0.867. The van der Waals surface area contributed by atoms with Gasteiger partial charge in [0.1, 0.15) is 12.5 Å². The Hall–Kier alpha value is -1.73. The molecular formula is C13H17N3O4. The van der Waals surface area contributed by atoms with Gasteiger partial charge in [0.25, 0.3) is 11.5 Å². The number of nitrogens with zero attached hydrogens (tertiary/aromatic N) is 2. The number of nitrogens with one attached hydrogen (secondary N) is 1. The van der Waals surface area contributed by atoms with Crippen LogP contribution in [0.15, 0.2) is 17.2 Å². The van der Waals surface area contributed by atoms with Gasteiger partial charge >= 0.3 is 0 Å². The van der Waals surface area contributed by atoms with Gasteiger partial charge in [0.05, 0.1) is 0 Å². The predicted molar refractivity (Wildman–Crippen MR) is 69.2 cm³/mol. The summed E-state index contributed by atoms with van der Waals surface area (Å²) in [6, 6.07) is 0. The molecule has 2 aliphatic rings. The molecule has 1 aromatic rings. The second-order valence-electron chi connectivity index (χ2n) is 4.93. The average Bonchev–Trinajstić information content (AvgIpc) is 3.11. The van der Waals surface area contributed by atoms with Crippen molar-refractivity contribution >= 4 is 5.91 Å². The highest BCUT2D eigenvalue weighted by Crippen LogP contribution is 2.20. The highest BCUT2D eigenvalue weighted by molar-refractivity contribution is 5.91. The molecule has 20 heavy (non-hydrogen) atoms. The summed E-state index contributed by atoms with van der Waals surface area (Å²) in [4.78, 5) is 28.3. The summed E-state index contributed by atoms with van der Waals surface area (Å²) in [6.07, 6.45) is 5.76. The van der Waals surface area contributed by atoms with Crippen LogP contribution in [0.3, 0.4) is 0 Å². The second-order valence-corrected chi connectivity index (χ2v) is 4.93. The zero-order valence-electron chi connectivity index (χ0n) is 11.1. The molecule has 2 atom stereocenters. The molecule has 0 saturated carbocycles. The molecule has 1 N–H and O–H groups in total. The Kier molecular flexibility index (Phi) is 3.79. The topological polar surface area (TPSA) is 82.4 Å². The number of carbonyl (C=O) groups excluding carboxylic acids is 1. The van der Waals surface area contributed by atoms with E-state index in [1.165, 1.54) is 10.8 Å². The molecular weight excluding hydrogens is 262 g/mol. The normalized spacial score (nSPS) is 25.8. The number of aromatic nitrogens is 2. The van der Waals surface area contributed by atoms with Crippen LogP contribution in [-0.4, -0.2) is 34.9 Å². The van der Waals surface area contributed by atoms with Crippen molar-refractivity contribution in [2.45, 2.75) is 38.1 Å². The van der Waals surface area contributed by atoms with Gasteiger partial charge in [-0.05, 0) is 25.7 Å². The Morgan fingerprint density at radius 2 is 2.10 bits per heavy atom. The van der Waals surface area contributed by atoms with Gasteiger partial charge in [-0.15, -0.1) is 0 Å². The Balaban J connectivity index is 1.80. The summed E-state index contributed by atoms with van der Waals surface area (Å²) >= 11 is 0. The standard InChI is InChI=1S/C13H17N3O4/c17-12(15-9-3-1-7-19-9)11-13(18)16(6-5-14-11)10-4-2-8-20-10/h5-6,9-10H,1-4,7-8H2,(H,15,17). The van der Waals surface area contributed by atoms with Crippen molar-refractivity contribution in [2.24, 2.45) is 0 Å². The monoisotopic (exact) mass is 279 g/mol. The maximum Gasteiger partial charge on any atom is 0.284 e. The van der Waals surface area contributed by atoms with Gasteiger partial charge < -0.3 is 14.8 Å². The van der Waals surface area contributed by atoms with Crippen LogP contribution in [0.4, 0.5) is 0 Å². The predicted octanol–water partition coefficient (Wildman–Crippen LogP) is 0.419. The van der Waals surface area contributed by atoms with Crippen molar-refractivity contribution in [1.29, 1.82) is 0 Å².